The molecule has 4 rings (SSSR count). The number of benzene rings is 2. The third-order valence-electron chi connectivity index (χ3n) is 5.82. The molecule has 0 spiro atoms. The Labute approximate surface area is 162 Å². The molecule has 4 nitrogen and oxygen atoms in total. The standard InChI is InChI=1S/C20H20ClFO4S/c1-12-2-7-17(22)18-19(12)26-11-13-10-15(23)8-9-20(13,18)27(24,25)16-5-3-14(21)4-6-16/h2-7,13,15,23H,8-11H2,1H3/t13?,15-,20-/m0/s1. The number of aliphatic hydroxyl groups is 1. The van der Waals surface area contributed by atoms with Crippen LogP contribution in [0, 0.1) is 18.7 Å². The molecule has 0 radical (unpaired) electrons. The zero-order chi connectivity index (χ0) is 19.4. The average Bonchev–Trinajstić information content (AvgIpc) is 2.64. The van der Waals surface area contributed by atoms with Crippen LogP contribution in [0.25, 0.3) is 0 Å². The van der Waals surface area contributed by atoms with E-state index in [1.807, 2.05) is 0 Å². The molecule has 1 N–H and O–H groups in total. The van der Waals surface area contributed by atoms with E-state index in [1.54, 1.807) is 13.0 Å². The van der Waals surface area contributed by atoms with Crippen LogP contribution in [0.5, 0.6) is 5.75 Å². The summed E-state index contributed by atoms with van der Waals surface area (Å²) in [5.74, 6) is -0.819. The largest absolute Gasteiger partial charge is 0.492 e. The summed E-state index contributed by atoms with van der Waals surface area (Å²) in [6.45, 7) is 1.90. The van der Waals surface area contributed by atoms with Crippen LogP contribution in [0.4, 0.5) is 4.39 Å². The van der Waals surface area contributed by atoms with Crippen LogP contribution in [0.2, 0.25) is 5.02 Å². The molecule has 1 aliphatic carbocycles. The Morgan fingerprint density at radius 3 is 2.63 bits per heavy atom. The first-order valence-corrected chi connectivity index (χ1v) is 10.7. The molecule has 1 unspecified atom stereocenters. The van der Waals surface area contributed by atoms with Gasteiger partial charge in [-0.3, -0.25) is 0 Å². The van der Waals surface area contributed by atoms with Crippen LogP contribution < -0.4 is 4.74 Å². The van der Waals surface area contributed by atoms with Gasteiger partial charge in [-0.05, 0) is 62.1 Å². The van der Waals surface area contributed by atoms with Gasteiger partial charge in [0.05, 0.1) is 23.2 Å². The van der Waals surface area contributed by atoms with Crippen LogP contribution in [-0.2, 0) is 14.6 Å². The van der Waals surface area contributed by atoms with E-state index in [-0.39, 0.29) is 36.3 Å². The van der Waals surface area contributed by atoms with E-state index >= 15 is 4.39 Å². The minimum atomic E-state index is -3.97. The molecule has 2 aromatic rings. The van der Waals surface area contributed by atoms with Crippen molar-refractivity contribution in [2.45, 2.75) is 41.9 Å². The Morgan fingerprint density at radius 1 is 1.22 bits per heavy atom. The smallest absolute Gasteiger partial charge is 0.188 e. The van der Waals surface area contributed by atoms with Gasteiger partial charge in [0.1, 0.15) is 16.3 Å². The number of aliphatic hydroxyl groups excluding tert-OH is 1. The van der Waals surface area contributed by atoms with Gasteiger partial charge in [-0.1, -0.05) is 17.7 Å². The van der Waals surface area contributed by atoms with Crippen LogP contribution in [0.15, 0.2) is 41.3 Å². The maximum Gasteiger partial charge on any atom is 0.188 e. The number of hydrogen-bond acceptors (Lipinski definition) is 4. The molecule has 0 aromatic heterocycles. The Balaban J connectivity index is 2.02. The minimum absolute atomic E-state index is 0.0978. The normalized spacial score (nSPS) is 27.4. The molecule has 0 amide bonds. The maximum atomic E-state index is 15.0. The van der Waals surface area contributed by atoms with Crippen molar-refractivity contribution in [3.05, 3.63) is 58.4 Å². The number of rotatable bonds is 2. The lowest BCUT2D eigenvalue weighted by atomic mass is 9.72. The molecular formula is C20H20ClFO4S. The number of sulfone groups is 1. The lowest BCUT2D eigenvalue weighted by Gasteiger charge is -2.48. The van der Waals surface area contributed by atoms with Gasteiger partial charge < -0.3 is 9.84 Å². The van der Waals surface area contributed by atoms with Crippen molar-refractivity contribution in [3.63, 3.8) is 0 Å². The second kappa shape index (κ2) is 6.47. The molecule has 2 aromatic carbocycles. The molecule has 1 aliphatic heterocycles. The van der Waals surface area contributed by atoms with Gasteiger partial charge in [0.15, 0.2) is 9.84 Å². The summed E-state index contributed by atoms with van der Waals surface area (Å²) in [4.78, 5) is 0.0991. The molecular weight excluding hydrogens is 391 g/mol. The van der Waals surface area contributed by atoms with E-state index in [0.29, 0.717) is 16.3 Å². The second-order valence-corrected chi connectivity index (χ2v) is 9.99. The molecule has 0 bridgehead atoms. The van der Waals surface area contributed by atoms with E-state index in [0.717, 1.165) is 0 Å². The van der Waals surface area contributed by atoms with Crippen LogP contribution >= 0.6 is 11.6 Å². The third kappa shape index (κ3) is 2.69. The Bertz CT molecular complexity index is 990. The quantitative estimate of drug-likeness (QED) is 0.812. The maximum absolute atomic E-state index is 15.0. The lowest BCUT2D eigenvalue weighted by Crippen LogP contribution is -2.53. The number of halogens is 2. The monoisotopic (exact) mass is 410 g/mol. The minimum Gasteiger partial charge on any atom is -0.492 e. The molecule has 2 aliphatic rings. The van der Waals surface area contributed by atoms with Crippen molar-refractivity contribution >= 4 is 21.4 Å². The first kappa shape index (κ1) is 18.7. The molecule has 3 atom stereocenters. The van der Waals surface area contributed by atoms with Crippen LogP contribution in [0.1, 0.15) is 30.4 Å². The summed E-state index contributed by atoms with van der Waals surface area (Å²) >= 11 is 5.92. The van der Waals surface area contributed by atoms with Gasteiger partial charge >= 0.3 is 0 Å². The highest BCUT2D eigenvalue weighted by atomic mass is 35.5. The summed E-state index contributed by atoms with van der Waals surface area (Å²) in [5, 5.41) is 10.6. The zero-order valence-corrected chi connectivity index (χ0v) is 16.4. The number of aryl methyl sites for hydroxylation is 1. The molecule has 7 heteroatoms. The highest BCUT2D eigenvalue weighted by Gasteiger charge is 2.59. The Hall–Kier alpha value is -1.63. The van der Waals surface area contributed by atoms with Crippen LogP contribution in [-0.4, -0.2) is 26.2 Å². The van der Waals surface area contributed by atoms with Crippen molar-refractivity contribution < 1.29 is 22.7 Å². The van der Waals surface area contributed by atoms with Crippen molar-refractivity contribution in [1.29, 1.82) is 0 Å². The highest BCUT2D eigenvalue weighted by Crippen LogP contribution is 2.56. The number of hydrogen-bond donors (Lipinski definition) is 1. The molecule has 144 valence electrons. The summed E-state index contributed by atoms with van der Waals surface area (Å²) in [6.07, 6.45) is 0.0533. The zero-order valence-electron chi connectivity index (χ0n) is 14.8. The number of fused-ring (bicyclic) bond motifs is 3. The van der Waals surface area contributed by atoms with Gasteiger partial charge in [-0.2, -0.15) is 0 Å². The molecule has 1 saturated carbocycles. The molecule has 27 heavy (non-hydrogen) atoms. The van der Waals surface area contributed by atoms with Crippen molar-refractivity contribution in [2.24, 2.45) is 5.92 Å². The van der Waals surface area contributed by atoms with E-state index in [1.165, 1.54) is 30.3 Å². The summed E-state index contributed by atoms with van der Waals surface area (Å²) in [7, 11) is -3.97. The van der Waals surface area contributed by atoms with Crippen LogP contribution in [0.3, 0.4) is 0 Å². The fourth-order valence-corrected chi connectivity index (χ4v) is 6.98. The van der Waals surface area contributed by atoms with Crippen molar-refractivity contribution in [2.75, 3.05) is 6.61 Å². The summed E-state index contributed by atoms with van der Waals surface area (Å²) in [5.41, 5.74) is 0.794. The first-order valence-electron chi connectivity index (χ1n) is 8.88. The van der Waals surface area contributed by atoms with E-state index in [2.05, 4.69) is 0 Å². The third-order valence-corrected chi connectivity index (χ3v) is 8.67. The predicted octanol–water partition coefficient (Wildman–Crippen LogP) is 4.01. The van der Waals surface area contributed by atoms with E-state index in [9.17, 15) is 13.5 Å². The lowest BCUT2D eigenvalue weighted by molar-refractivity contribution is 0.0408. The van der Waals surface area contributed by atoms with Gasteiger partial charge in [0.25, 0.3) is 0 Å². The molecule has 1 fully saturated rings. The summed E-state index contributed by atoms with van der Waals surface area (Å²) in [6, 6.07) is 8.84. The van der Waals surface area contributed by atoms with E-state index in [4.69, 9.17) is 16.3 Å². The van der Waals surface area contributed by atoms with Gasteiger partial charge in [0, 0.05) is 10.9 Å². The average molecular weight is 411 g/mol. The fraction of sp³-hybridized carbons (Fsp3) is 0.400. The van der Waals surface area contributed by atoms with Gasteiger partial charge in [-0.25, -0.2) is 12.8 Å². The highest BCUT2D eigenvalue weighted by molar-refractivity contribution is 7.92. The first-order chi connectivity index (χ1) is 12.8. The topological polar surface area (TPSA) is 63.6 Å². The fourth-order valence-electron chi connectivity index (χ4n) is 4.49. The van der Waals surface area contributed by atoms with Gasteiger partial charge in [0.2, 0.25) is 0 Å². The van der Waals surface area contributed by atoms with Crippen molar-refractivity contribution in [1.82, 2.24) is 0 Å². The Kier molecular flexibility index (Phi) is 4.48. The van der Waals surface area contributed by atoms with Gasteiger partial charge in [-0.15, -0.1) is 0 Å². The second-order valence-electron chi connectivity index (χ2n) is 7.35. The summed E-state index contributed by atoms with van der Waals surface area (Å²) < 4.78 is 47.1. The molecule has 0 saturated heterocycles. The molecule has 1 heterocycles. The SMILES string of the molecule is Cc1ccc(F)c2c1OCC1C[C@@H](O)CC[C@@]21S(=O)(=O)c1ccc(Cl)cc1. The Morgan fingerprint density at radius 2 is 1.93 bits per heavy atom. The van der Waals surface area contributed by atoms with Crippen molar-refractivity contribution in [3.8, 4) is 5.75 Å². The number of ether oxygens (including phenoxy) is 1. The predicted molar refractivity (Wildman–Crippen MR) is 100 cm³/mol. The van der Waals surface area contributed by atoms with E-state index < -0.39 is 32.4 Å².